The minimum atomic E-state index is -0.615. The summed E-state index contributed by atoms with van der Waals surface area (Å²) in [6.07, 6.45) is -0.615. The van der Waals surface area contributed by atoms with Crippen molar-refractivity contribution in [2.24, 2.45) is 0 Å². The second-order valence-electron chi connectivity index (χ2n) is 5.06. The summed E-state index contributed by atoms with van der Waals surface area (Å²) in [5.41, 5.74) is 1.74. The van der Waals surface area contributed by atoms with Crippen LogP contribution in [0.5, 0.6) is 5.75 Å². The molecule has 0 aliphatic heterocycles. The summed E-state index contributed by atoms with van der Waals surface area (Å²) in [5.74, 6) is 0.689. The van der Waals surface area contributed by atoms with Crippen molar-refractivity contribution >= 4 is 5.69 Å². The number of hydrogen-bond acceptors (Lipinski definition) is 5. The van der Waals surface area contributed by atoms with Crippen molar-refractivity contribution in [2.45, 2.75) is 26.0 Å². The number of rotatable bonds is 9. The Hall–Kier alpha value is -1.30. The van der Waals surface area contributed by atoms with E-state index in [0.717, 1.165) is 11.3 Å². The van der Waals surface area contributed by atoms with E-state index >= 15 is 0 Å². The molecule has 120 valence electrons. The van der Waals surface area contributed by atoms with Gasteiger partial charge in [-0.05, 0) is 26.0 Å². The molecule has 0 aromatic heterocycles. The number of ether oxygens (including phenoxy) is 3. The lowest BCUT2D eigenvalue weighted by Gasteiger charge is -2.33. The number of hydrogen-bond donors (Lipinski definition) is 1. The van der Waals surface area contributed by atoms with E-state index in [1.54, 1.807) is 28.3 Å². The molecule has 0 aliphatic carbocycles. The van der Waals surface area contributed by atoms with Crippen molar-refractivity contribution in [3.05, 3.63) is 23.8 Å². The smallest absolute Gasteiger partial charge is 0.126 e. The highest BCUT2D eigenvalue weighted by atomic mass is 16.5. The fourth-order valence-electron chi connectivity index (χ4n) is 2.48. The van der Waals surface area contributed by atoms with Crippen LogP contribution in [0.2, 0.25) is 0 Å². The maximum absolute atomic E-state index is 10.1. The molecule has 1 aromatic carbocycles. The number of aliphatic hydroxyl groups is 1. The number of benzene rings is 1. The lowest BCUT2D eigenvalue weighted by molar-refractivity contribution is 0.169. The minimum absolute atomic E-state index is 0.162. The normalized spacial score (nSPS) is 13.8. The molecule has 1 rings (SSSR count). The number of methoxy groups -OCH3 is 3. The van der Waals surface area contributed by atoms with E-state index < -0.39 is 6.10 Å². The molecule has 0 radical (unpaired) electrons. The van der Waals surface area contributed by atoms with Gasteiger partial charge in [-0.2, -0.15) is 0 Å². The second-order valence-corrected chi connectivity index (χ2v) is 5.06. The molecule has 5 heteroatoms. The van der Waals surface area contributed by atoms with E-state index in [4.69, 9.17) is 14.2 Å². The Balaban J connectivity index is 3.22. The van der Waals surface area contributed by atoms with Crippen LogP contribution in [0.3, 0.4) is 0 Å². The molecular weight excluding hydrogens is 270 g/mol. The van der Waals surface area contributed by atoms with Crippen molar-refractivity contribution in [1.82, 2.24) is 0 Å². The maximum atomic E-state index is 10.1. The maximum Gasteiger partial charge on any atom is 0.126 e. The van der Waals surface area contributed by atoms with Crippen LogP contribution in [-0.2, 0) is 9.47 Å². The lowest BCUT2D eigenvalue weighted by Crippen LogP contribution is -2.39. The predicted molar refractivity (Wildman–Crippen MR) is 84.2 cm³/mol. The van der Waals surface area contributed by atoms with Crippen LogP contribution in [0.4, 0.5) is 5.69 Å². The Labute approximate surface area is 127 Å². The summed E-state index contributed by atoms with van der Waals surface area (Å²) in [7, 11) is 4.98. The Morgan fingerprint density at radius 3 is 2.38 bits per heavy atom. The highest BCUT2D eigenvalue weighted by Crippen LogP contribution is 2.35. The average molecular weight is 297 g/mol. The zero-order valence-corrected chi connectivity index (χ0v) is 13.6. The van der Waals surface area contributed by atoms with E-state index in [-0.39, 0.29) is 6.04 Å². The molecule has 1 N–H and O–H groups in total. The van der Waals surface area contributed by atoms with E-state index in [0.29, 0.717) is 25.5 Å². The van der Waals surface area contributed by atoms with Crippen molar-refractivity contribution in [1.29, 1.82) is 0 Å². The van der Waals surface area contributed by atoms with Gasteiger partial charge in [0.15, 0.2) is 0 Å². The third-order valence-electron chi connectivity index (χ3n) is 3.47. The first kappa shape index (κ1) is 17.8. The van der Waals surface area contributed by atoms with E-state index in [1.165, 1.54) is 0 Å². The summed E-state index contributed by atoms with van der Waals surface area (Å²) < 4.78 is 15.9. The summed E-state index contributed by atoms with van der Waals surface area (Å²) in [6, 6.07) is 5.95. The SMILES string of the molecule is COCCN(c1cccc(OC)c1C(C)O)C(C)COC. The zero-order valence-electron chi connectivity index (χ0n) is 13.6. The Bertz CT molecular complexity index is 423. The monoisotopic (exact) mass is 297 g/mol. The fourth-order valence-corrected chi connectivity index (χ4v) is 2.48. The molecule has 5 nitrogen and oxygen atoms in total. The largest absolute Gasteiger partial charge is 0.496 e. The van der Waals surface area contributed by atoms with Crippen LogP contribution in [0.15, 0.2) is 18.2 Å². The molecule has 0 fully saturated rings. The van der Waals surface area contributed by atoms with Crippen LogP contribution < -0.4 is 9.64 Å². The topological polar surface area (TPSA) is 51.2 Å². The first-order valence-electron chi connectivity index (χ1n) is 7.16. The van der Waals surface area contributed by atoms with Gasteiger partial charge in [0.25, 0.3) is 0 Å². The molecule has 0 saturated carbocycles. The summed E-state index contributed by atoms with van der Waals surface area (Å²) >= 11 is 0. The van der Waals surface area contributed by atoms with E-state index in [1.807, 2.05) is 18.2 Å². The van der Waals surface area contributed by atoms with Gasteiger partial charge in [0.05, 0.1) is 26.4 Å². The molecule has 2 atom stereocenters. The highest BCUT2D eigenvalue weighted by molar-refractivity contribution is 5.61. The number of nitrogens with zero attached hydrogens (tertiary/aromatic N) is 1. The molecule has 2 unspecified atom stereocenters. The van der Waals surface area contributed by atoms with Crippen molar-refractivity contribution in [3.63, 3.8) is 0 Å². The number of anilines is 1. The third-order valence-corrected chi connectivity index (χ3v) is 3.47. The van der Waals surface area contributed by atoms with Crippen molar-refractivity contribution in [2.75, 3.05) is 46.0 Å². The van der Waals surface area contributed by atoms with Crippen LogP contribution in [0.25, 0.3) is 0 Å². The van der Waals surface area contributed by atoms with Crippen LogP contribution in [0, 0.1) is 0 Å². The van der Waals surface area contributed by atoms with Crippen molar-refractivity contribution < 1.29 is 19.3 Å². The van der Waals surface area contributed by atoms with Gasteiger partial charge in [-0.1, -0.05) is 6.07 Å². The van der Waals surface area contributed by atoms with Gasteiger partial charge < -0.3 is 24.2 Å². The molecule has 0 spiro atoms. The van der Waals surface area contributed by atoms with Crippen LogP contribution >= 0.6 is 0 Å². The van der Waals surface area contributed by atoms with Gasteiger partial charge in [-0.15, -0.1) is 0 Å². The molecular formula is C16H27NO4. The lowest BCUT2D eigenvalue weighted by atomic mass is 10.0. The Kier molecular flexibility index (Phi) is 7.50. The molecule has 0 aliphatic rings. The third kappa shape index (κ3) is 4.59. The first-order chi connectivity index (χ1) is 10.1. The second kappa shape index (κ2) is 8.87. The van der Waals surface area contributed by atoms with Gasteiger partial charge in [0.2, 0.25) is 0 Å². The van der Waals surface area contributed by atoms with E-state index in [9.17, 15) is 5.11 Å². The molecule has 0 amide bonds. The van der Waals surface area contributed by atoms with Crippen molar-refractivity contribution in [3.8, 4) is 5.75 Å². The molecule has 0 saturated heterocycles. The highest BCUT2D eigenvalue weighted by Gasteiger charge is 2.22. The van der Waals surface area contributed by atoms with Gasteiger partial charge >= 0.3 is 0 Å². The molecule has 1 aromatic rings. The predicted octanol–water partition coefficient (Wildman–Crippen LogP) is 2.24. The van der Waals surface area contributed by atoms with Gasteiger partial charge in [0, 0.05) is 38.1 Å². The Morgan fingerprint density at radius 1 is 1.14 bits per heavy atom. The molecule has 0 bridgehead atoms. The minimum Gasteiger partial charge on any atom is -0.496 e. The summed E-state index contributed by atoms with van der Waals surface area (Å²) in [4.78, 5) is 2.18. The molecule has 0 heterocycles. The van der Waals surface area contributed by atoms with Crippen LogP contribution in [-0.4, -0.2) is 52.2 Å². The number of aliphatic hydroxyl groups excluding tert-OH is 1. The summed E-state index contributed by atoms with van der Waals surface area (Å²) in [6.45, 7) is 5.75. The van der Waals surface area contributed by atoms with Gasteiger partial charge in [-0.3, -0.25) is 0 Å². The standard InChI is InChI=1S/C16H27NO4/c1-12(11-20-4)17(9-10-19-3)14-7-6-8-15(21-5)16(14)13(2)18/h6-8,12-13,18H,9-11H2,1-5H3. The molecule has 21 heavy (non-hydrogen) atoms. The van der Waals surface area contributed by atoms with Crippen LogP contribution in [0.1, 0.15) is 25.5 Å². The van der Waals surface area contributed by atoms with Gasteiger partial charge in [0.1, 0.15) is 5.75 Å². The average Bonchev–Trinajstić information content (AvgIpc) is 2.47. The van der Waals surface area contributed by atoms with Gasteiger partial charge in [-0.25, -0.2) is 0 Å². The summed E-state index contributed by atoms with van der Waals surface area (Å²) in [5, 5.41) is 10.1. The first-order valence-corrected chi connectivity index (χ1v) is 7.16. The Morgan fingerprint density at radius 2 is 1.86 bits per heavy atom. The fraction of sp³-hybridized carbons (Fsp3) is 0.625. The quantitative estimate of drug-likeness (QED) is 0.757. The zero-order chi connectivity index (χ0) is 15.8. The van der Waals surface area contributed by atoms with E-state index in [2.05, 4.69) is 11.8 Å².